The molecule has 0 aliphatic heterocycles. The highest BCUT2D eigenvalue weighted by atomic mass is 35.5. The first kappa shape index (κ1) is 18.0. The van der Waals surface area contributed by atoms with E-state index in [1.165, 1.54) is 12.8 Å². The molecule has 0 saturated heterocycles. The number of carbonyl (C=O) groups excluding carboxylic acids is 1. The van der Waals surface area contributed by atoms with Crippen LogP contribution in [0.15, 0.2) is 30.3 Å². The van der Waals surface area contributed by atoms with Gasteiger partial charge in [0.2, 0.25) is 5.91 Å². The molecule has 4 nitrogen and oxygen atoms in total. The van der Waals surface area contributed by atoms with Crippen molar-refractivity contribution in [3.05, 3.63) is 35.9 Å². The van der Waals surface area contributed by atoms with Crippen molar-refractivity contribution in [2.45, 2.75) is 25.8 Å². The zero-order valence-electron chi connectivity index (χ0n) is 12.5. The number of carbonyl (C=O) groups is 1. The lowest BCUT2D eigenvalue weighted by molar-refractivity contribution is -0.125. The van der Waals surface area contributed by atoms with Crippen LogP contribution in [0.2, 0.25) is 0 Å². The van der Waals surface area contributed by atoms with E-state index in [2.05, 4.69) is 5.32 Å². The van der Waals surface area contributed by atoms with Gasteiger partial charge in [-0.1, -0.05) is 37.3 Å². The van der Waals surface area contributed by atoms with Crippen LogP contribution in [0.25, 0.3) is 0 Å². The van der Waals surface area contributed by atoms with Crippen LogP contribution >= 0.6 is 12.4 Å². The number of nitrogens with one attached hydrogen (secondary N) is 1. The average molecular weight is 313 g/mol. The summed E-state index contributed by atoms with van der Waals surface area (Å²) in [5.41, 5.74) is 7.11. The first-order valence-electron chi connectivity index (χ1n) is 7.34. The molecule has 1 aliphatic rings. The molecule has 2 unspecified atom stereocenters. The number of benzene rings is 1. The summed E-state index contributed by atoms with van der Waals surface area (Å²) in [5.74, 6) is 0.494. The zero-order chi connectivity index (χ0) is 14.4. The Morgan fingerprint density at radius 2 is 2.05 bits per heavy atom. The molecule has 1 fully saturated rings. The lowest BCUT2D eigenvalue weighted by Gasteiger charge is -2.19. The minimum absolute atomic E-state index is 0. The van der Waals surface area contributed by atoms with Crippen LogP contribution < -0.4 is 11.1 Å². The maximum Gasteiger partial charge on any atom is 0.224 e. The van der Waals surface area contributed by atoms with Crippen LogP contribution in [-0.2, 0) is 9.53 Å². The molecule has 0 spiro atoms. The Morgan fingerprint density at radius 1 is 1.38 bits per heavy atom. The van der Waals surface area contributed by atoms with Crippen molar-refractivity contribution < 1.29 is 9.53 Å². The summed E-state index contributed by atoms with van der Waals surface area (Å²) in [5, 5.41) is 2.88. The normalized spacial score (nSPS) is 16.7. The van der Waals surface area contributed by atoms with E-state index in [1.807, 2.05) is 37.3 Å². The van der Waals surface area contributed by atoms with Crippen molar-refractivity contribution in [1.29, 1.82) is 0 Å². The van der Waals surface area contributed by atoms with Gasteiger partial charge in [-0.15, -0.1) is 12.4 Å². The quantitative estimate of drug-likeness (QED) is 0.724. The van der Waals surface area contributed by atoms with E-state index in [4.69, 9.17) is 10.5 Å². The zero-order valence-corrected chi connectivity index (χ0v) is 13.3. The largest absolute Gasteiger partial charge is 0.379 e. The maximum absolute atomic E-state index is 12.0. The maximum atomic E-state index is 12.0. The van der Waals surface area contributed by atoms with Gasteiger partial charge in [0.15, 0.2) is 0 Å². The van der Waals surface area contributed by atoms with Gasteiger partial charge < -0.3 is 15.8 Å². The van der Waals surface area contributed by atoms with Gasteiger partial charge in [0.25, 0.3) is 0 Å². The number of rotatable bonds is 8. The standard InChI is InChI=1S/C16H24N2O2.ClH/c1-12(15(17)14-5-3-2-4-6-14)16(19)18-9-10-20-11-13-7-8-13;/h2-6,12-13,15H,7-11,17H2,1H3,(H,18,19);1H. The molecule has 0 radical (unpaired) electrons. The van der Waals surface area contributed by atoms with Gasteiger partial charge >= 0.3 is 0 Å². The molecule has 21 heavy (non-hydrogen) atoms. The Bertz CT molecular complexity index is 424. The van der Waals surface area contributed by atoms with Crippen LogP contribution in [0.1, 0.15) is 31.4 Å². The molecular formula is C16H25ClN2O2. The lowest BCUT2D eigenvalue weighted by atomic mass is 9.95. The highest BCUT2D eigenvalue weighted by Gasteiger charge is 2.22. The van der Waals surface area contributed by atoms with E-state index < -0.39 is 0 Å². The van der Waals surface area contributed by atoms with Crippen molar-refractivity contribution >= 4 is 18.3 Å². The SMILES string of the molecule is CC(C(=O)NCCOCC1CC1)C(N)c1ccccc1.Cl. The molecule has 118 valence electrons. The summed E-state index contributed by atoms with van der Waals surface area (Å²) in [6.45, 7) is 3.82. The van der Waals surface area contributed by atoms with Gasteiger partial charge in [0, 0.05) is 19.2 Å². The van der Waals surface area contributed by atoms with Crippen molar-refractivity contribution in [2.24, 2.45) is 17.6 Å². The second kappa shape index (κ2) is 9.03. The van der Waals surface area contributed by atoms with Crippen LogP contribution in [0, 0.1) is 11.8 Å². The molecule has 1 aliphatic carbocycles. The van der Waals surface area contributed by atoms with Gasteiger partial charge in [0.1, 0.15) is 0 Å². The molecule has 3 N–H and O–H groups in total. The van der Waals surface area contributed by atoms with E-state index in [1.54, 1.807) is 0 Å². The van der Waals surface area contributed by atoms with E-state index in [9.17, 15) is 4.79 Å². The van der Waals surface area contributed by atoms with E-state index in [0.717, 1.165) is 18.1 Å². The van der Waals surface area contributed by atoms with Gasteiger partial charge in [-0.3, -0.25) is 4.79 Å². The van der Waals surface area contributed by atoms with Gasteiger partial charge in [0.05, 0.1) is 12.5 Å². The number of hydrogen-bond donors (Lipinski definition) is 2. The average Bonchev–Trinajstić information content (AvgIpc) is 3.30. The predicted octanol–water partition coefficient (Wildman–Crippen LogP) is 2.29. The van der Waals surface area contributed by atoms with Crippen molar-refractivity contribution in [3.63, 3.8) is 0 Å². The van der Waals surface area contributed by atoms with E-state index in [0.29, 0.717) is 13.2 Å². The Balaban J connectivity index is 0.00000220. The van der Waals surface area contributed by atoms with E-state index in [-0.39, 0.29) is 30.3 Å². The summed E-state index contributed by atoms with van der Waals surface area (Å²) in [4.78, 5) is 12.0. The van der Waals surface area contributed by atoms with Crippen molar-refractivity contribution in [2.75, 3.05) is 19.8 Å². The summed E-state index contributed by atoms with van der Waals surface area (Å²) in [6, 6.07) is 9.44. The summed E-state index contributed by atoms with van der Waals surface area (Å²) in [6.07, 6.45) is 2.57. The van der Waals surface area contributed by atoms with Crippen molar-refractivity contribution in [1.82, 2.24) is 5.32 Å². The van der Waals surface area contributed by atoms with Gasteiger partial charge in [-0.2, -0.15) is 0 Å². The van der Waals surface area contributed by atoms with Crippen LogP contribution in [-0.4, -0.2) is 25.7 Å². The molecule has 1 amide bonds. The highest BCUT2D eigenvalue weighted by molar-refractivity contribution is 5.85. The van der Waals surface area contributed by atoms with Crippen LogP contribution in [0.4, 0.5) is 0 Å². The van der Waals surface area contributed by atoms with Gasteiger partial charge in [-0.25, -0.2) is 0 Å². The molecule has 1 aromatic rings. The first-order valence-corrected chi connectivity index (χ1v) is 7.34. The minimum Gasteiger partial charge on any atom is -0.379 e. The second-order valence-corrected chi connectivity index (χ2v) is 5.53. The fraction of sp³-hybridized carbons (Fsp3) is 0.562. The third-order valence-corrected chi connectivity index (χ3v) is 3.73. The topological polar surface area (TPSA) is 64.3 Å². The first-order chi connectivity index (χ1) is 9.68. The Morgan fingerprint density at radius 3 is 2.67 bits per heavy atom. The van der Waals surface area contributed by atoms with Crippen LogP contribution in [0.3, 0.4) is 0 Å². The number of ether oxygens (including phenoxy) is 1. The lowest BCUT2D eigenvalue weighted by Crippen LogP contribution is -2.37. The summed E-state index contributed by atoms with van der Waals surface area (Å²) < 4.78 is 5.49. The Labute approximate surface area is 132 Å². The fourth-order valence-corrected chi connectivity index (χ4v) is 2.07. The molecule has 2 atom stereocenters. The predicted molar refractivity (Wildman–Crippen MR) is 86.3 cm³/mol. The molecule has 2 rings (SSSR count). The molecule has 1 saturated carbocycles. The van der Waals surface area contributed by atoms with E-state index >= 15 is 0 Å². The molecule has 0 aromatic heterocycles. The number of hydrogen-bond acceptors (Lipinski definition) is 3. The number of amides is 1. The molecule has 1 aromatic carbocycles. The number of halogens is 1. The highest BCUT2D eigenvalue weighted by Crippen LogP contribution is 2.28. The summed E-state index contributed by atoms with van der Waals surface area (Å²) in [7, 11) is 0. The molecule has 0 heterocycles. The molecular weight excluding hydrogens is 288 g/mol. The Hall–Kier alpha value is -1.10. The molecule has 0 bridgehead atoms. The van der Waals surface area contributed by atoms with Crippen LogP contribution in [0.5, 0.6) is 0 Å². The monoisotopic (exact) mass is 312 g/mol. The number of nitrogens with two attached hydrogens (primary N) is 1. The Kier molecular flexibility index (Phi) is 7.72. The van der Waals surface area contributed by atoms with Gasteiger partial charge in [-0.05, 0) is 24.3 Å². The second-order valence-electron chi connectivity index (χ2n) is 5.53. The van der Waals surface area contributed by atoms with Crippen molar-refractivity contribution in [3.8, 4) is 0 Å². The fourth-order valence-electron chi connectivity index (χ4n) is 2.07. The molecule has 5 heteroatoms. The summed E-state index contributed by atoms with van der Waals surface area (Å²) >= 11 is 0. The third-order valence-electron chi connectivity index (χ3n) is 3.73. The third kappa shape index (κ3) is 6.04. The smallest absolute Gasteiger partial charge is 0.224 e. The minimum atomic E-state index is -0.274.